The lowest BCUT2D eigenvalue weighted by Gasteiger charge is -2.17. The van der Waals surface area contributed by atoms with Crippen LogP contribution in [0.5, 0.6) is 0 Å². The van der Waals surface area contributed by atoms with Crippen molar-refractivity contribution >= 4 is 9.28 Å². The van der Waals surface area contributed by atoms with Gasteiger partial charge in [0.2, 0.25) is 0 Å². The summed E-state index contributed by atoms with van der Waals surface area (Å²) in [5.41, 5.74) is -2.75. The maximum Gasteiger partial charge on any atom is 0.416 e. The Balaban J connectivity index is 3.17. The molecule has 1 radical (unpaired) electrons. The normalized spacial score (nSPS) is 13.0. The van der Waals surface area contributed by atoms with Crippen LogP contribution in [0.3, 0.4) is 0 Å². The Labute approximate surface area is 125 Å². The van der Waals surface area contributed by atoms with Crippen LogP contribution in [0, 0.1) is 0 Å². The number of alkyl halides is 6. The van der Waals surface area contributed by atoms with Gasteiger partial charge in [-0.2, -0.15) is 26.3 Å². The van der Waals surface area contributed by atoms with Crippen LogP contribution in [-0.2, 0) is 27.2 Å². The number of halogens is 6. The molecule has 0 fully saturated rings. The van der Waals surface area contributed by atoms with Crippen molar-refractivity contribution in [3.63, 3.8) is 0 Å². The molecule has 0 aliphatic rings. The van der Waals surface area contributed by atoms with Gasteiger partial charge in [0.15, 0.2) is 0 Å². The van der Waals surface area contributed by atoms with Crippen molar-refractivity contribution in [3.05, 3.63) is 34.9 Å². The zero-order valence-corrected chi connectivity index (χ0v) is 12.9. The Morgan fingerprint density at radius 2 is 1.23 bits per heavy atom. The molecule has 0 saturated heterocycles. The van der Waals surface area contributed by atoms with Crippen molar-refractivity contribution in [1.82, 2.24) is 0 Å². The lowest BCUT2D eigenvalue weighted by Crippen LogP contribution is -2.26. The van der Waals surface area contributed by atoms with E-state index in [2.05, 4.69) is 0 Å². The standard InChI is InChI=1S/C13H15F6O2Si/c1-3-20-22(21-4-2)8-9-5-10(12(14,15)16)7-11(6-9)13(17,18)19/h5-7H,3-4,8H2,1-2H3. The van der Waals surface area contributed by atoms with Crippen molar-refractivity contribution in [3.8, 4) is 0 Å². The molecular weight excluding hydrogens is 330 g/mol. The third-order valence-electron chi connectivity index (χ3n) is 2.61. The SMILES string of the molecule is CCO[Si](Cc1cc(C(F)(F)F)cc(C(F)(F)F)c1)OCC. The van der Waals surface area contributed by atoms with E-state index >= 15 is 0 Å². The summed E-state index contributed by atoms with van der Waals surface area (Å²) < 4.78 is 87.0. The second-order valence-electron chi connectivity index (χ2n) is 4.33. The molecule has 0 unspecified atom stereocenters. The van der Waals surface area contributed by atoms with Crippen LogP contribution in [0.1, 0.15) is 30.5 Å². The van der Waals surface area contributed by atoms with Gasteiger partial charge in [0.05, 0.1) is 11.1 Å². The fraction of sp³-hybridized carbons (Fsp3) is 0.538. The van der Waals surface area contributed by atoms with E-state index in [9.17, 15) is 26.3 Å². The van der Waals surface area contributed by atoms with E-state index in [1.165, 1.54) is 0 Å². The second kappa shape index (κ2) is 7.47. The summed E-state index contributed by atoms with van der Waals surface area (Å²) in [5, 5.41) is 0. The molecule has 1 aromatic rings. The monoisotopic (exact) mass is 345 g/mol. The van der Waals surface area contributed by atoms with Crippen molar-refractivity contribution in [2.75, 3.05) is 13.2 Å². The predicted molar refractivity (Wildman–Crippen MR) is 69.2 cm³/mol. The molecule has 0 saturated carbocycles. The summed E-state index contributed by atoms with van der Waals surface area (Å²) in [7, 11) is -1.96. The highest BCUT2D eigenvalue weighted by molar-refractivity contribution is 6.43. The van der Waals surface area contributed by atoms with Crippen LogP contribution < -0.4 is 0 Å². The number of hydrogen-bond donors (Lipinski definition) is 0. The zero-order valence-electron chi connectivity index (χ0n) is 11.9. The van der Waals surface area contributed by atoms with Gasteiger partial charge in [-0.1, -0.05) is 0 Å². The maximum atomic E-state index is 12.7. The molecule has 2 nitrogen and oxygen atoms in total. The van der Waals surface area contributed by atoms with Crippen molar-refractivity contribution < 1.29 is 35.2 Å². The van der Waals surface area contributed by atoms with Gasteiger partial charge in [-0.15, -0.1) is 0 Å². The molecule has 0 aromatic heterocycles. The van der Waals surface area contributed by atoms with E-state index < -0.39 is 32.8 Å². The maximum absolute atomic E-state index is 12.7. The van der Waals surface area contributed by atoms with Gasteiger partial charge in [-0.05, 0) is 37.6 Å². The Hall–Kier alpha value is -1.06. The minimum absolute atomic E-state index is 0.0979. The number of rotatable bonds is 6. The molecule has 1 aromatic carbocycles. The van der Waals surface area contributed by atoms with Crippen molar-refractivity contribution in [2.24, 2.45) is 0 Å². The number of benzene rings is 1. The average Bonchev–Trinajstić information content (AvgIpc) is 2.37. The summed E-state index contributed by atoms with van der Waals surface area (Å²) in [6.45, 7) is 3.91. The molecule has 0 heterocycles. The first-order valence-corrected chi connectivity index (χ1v) is 8.00. The highest BCUT2D eigenvalue weighted by atomic mass is 28.3. The quantitative estimate of drug-likeness (QED) is 0.563. The highest BCUT2D eigenvalue weighted by Gasteiger charge is 2.37. The minimum atomic E-state index is -4.85. The fourth-order valence-corrected chi connectivity index (χ4v) is 3.22. The zero-order chi connectivity index (χ0) is 17.0. The molecule has 125 valence electrons. The van der Waals surface area contributed by atoms with E-state index in [4.69, 9.17) is 8.85 Å². The fourth-order valence-electron chi connectivity index (χ4n) is 1.75. The first-order valence-electron chi connectivity index (χ1n) is 6.47. The molecule has 9 heteroatoms. The van der Waals surface area contributed by atoms with Crippen molar-refractivity contribution in [2.45, 2.75) is 32.2 Å². The molecule has 0 atom stereocenters. The summed E-state index contributed by atoms with van der Waals surface area (Å²) in [6, 6.07) is 1.42. The predicted octanol–water partition coefficient (Wildman–Crippen LogP) is 4.37. The molecule has 0 bridgehead atoms. The summed E-state index contributed by atoms with van der Waals surface area (Å²) in [6.07, 6.45) is -9.69. The van der Waals surface area contributed by atoms with Crippen LogP contribution in [0.15, 0.2) is 18.2 Å². The summed E-state index contributed by atoms with van der Waals surface area (Å²) in [5.74, 6) is 0. The van der Waals surface area contributed by atoms with Crippen LogP contribution in [0.25, 0.3) is 0 Å². The molecule has 22 heavy (non-hydrogen) atoms. The molecule has 1 rings (SSSR count). The molecular formula is C13H15F6O2Si. The van der Waals surface area contributed by atoms with Gasteiger partial charge < -0.3 is 8.85 Å². The van der Waals surface area contributed by atoms with Gasteiger partial charge in [0.25, 0.3) is 0 Å². The van der Waals surface area contributed by atoms with Crippen LogP contribution in [-0.4, -0.2) is 22.5 Å². The van der Waals surface area contributed by atoms with Gasteiger partial charge in [-0.3, -0.25) is 0 Å². The van der Waals surface area contributed by atoms with E-state index in [0.717, 1.165) is 0 Å². The average molecular weight is 345 g/mol. The molecule has 0 aliphatic heterocycles. The molecule has 0 amide bonds. The topological polar surface area (TPSA) is 18.5 Å². The smallest absolute Gasteiger partial charge is 0.393 e. The van der Waals surface area contributed by atoms with E-state index in [0.29, 0.717) is 12.1 Å². The Kier molecular flexibility index (Phi) is 6.45. The Bertz CT molecular complexity index is 448. The van der Waals surface area contributed by atoms with Gasteiger partial charge in [-0.25, -0.2) is 0 Å². The first kappa shape index (κ1) is 19.0. The van der Waals surface area contributed by atoms with Gasteiger partial charge in [0.1, 0.15) is 0 Å². The largest absolute Gasteiger partial charge is 0.416 e. The van der Waals surface area contributed by atoms with Crippen LogP contribution >= 0.6 is 0 Å². The minimum Gasteiger partial charge on any atom is -0.393 e. The molecule has 0 aliphatic carbocycles. The van der Waals surface area contributed by atoms with Crippen molar-refractivity contribution in [1.29, 1.82) is 0 Å². The van der Waals surface area contributed by atoms with Gasteiger partial charge >= 0.3 is 21.6 Å². The Morgan fingerprint density at radius 1 is 0.818 bits per heavy atom. The third kappa shape index (κ3) is 5.62. The Morgan fingerprint density at radius 3 is 1.55 bits per heavy atom. The van der Waals surface area contributed by atoms with Crippen LogP contribution in [0.2, 0.25) is 0 Å². The lowest BCUT2D eigenvalue weighted by atomic mass is 10.1. The third-order valence-corrected chi connectivity index (χ3v) is 4.52. The molecule has 0 N–H and O–H groups in total. The highest BCUT2D eigenvalue weighted by Crippen LogP contribution is 2.36. The number of hydrogen-bond acceptors (Lipinski definition) is 2. The summed E-state index contributed by atoms with van der Waals surface area (Å²) in [4.78, 5) is 0. The van der Waals surface area contributed by atoms with E-state index in [1.54, 1.807) is 13.8 Å². The first-order chi connectivity index (χ1) is 10.1. The lowest BCUT2D eigenvalue weighted by molar-refractivity contribution is -0.143. The van der Waals surface area contributed by atoms with E-state index in [1.807, 2.05) is 0 Å². The van der Waals surface area contributed by atoms with Gasteiger partial charge in [0, 0.05) is 19.3 Å². The second-order valence-corrected chi connectivity index (χ2v) is 6.00. The summed E-state index contributed by atoms with van der Waals surface area (Å²) >= 11 is 0. The van der Waals surface area contributed by atoms with Crippen LogP contribution in [0.4, 0.5) is 26.3 Å². The molecule has 0 spiro atoms. The van der Waals surface area contributed by atoms with E-state index in [-0.39, 0.29) is 30.9 Å².